The molecule has 1 aromatic heterocycles. The molecule has 1 heterocycles. The number of halogens is 1. The van der Waals surface area contributed by atoms with Gasteiger partial charge in [-0.15, -0.1) is 0 Å². The van der Waals surface area contributed by atoms with Crippen molar-refractivity contribution in [1.82, 2.24) is 4.98 Å². The van der Waals surface area contributed by atoms with E-state index in [1.165, 1.54) is 6.07 Å². The molecule has 0 amide bonds. The first kappa shape index (κ1) is 13.7. The predicted octanol–water partition coefficient (Wildman–Crippen LogP) is 4.75. The van der Waals surface area contributed by atoms with Crippen LogP contribution in [0.1, 0.15) is 39.0 Å². The molecule has 0 N–H and O–H groups in total. The third-order valence-electron chi connectivity index (χ3n) is 3.30. The Balaban J connectivity index is 2.57. The number of nitrogens with zero attached hydrogens (tertiary/aromatic N) is 1. The van der Waals surface area contributed by atoms with Crippen molar-refractivity contribution >= 4 is 0 Å². The minimum Gasteiger partial charge on any atom is -0.260 e. The van der Waals surface area contributed by atoms with Crippen LogP contribution in [0.4, 0.5) is 4.39 Å². The van der Waals surface area contributed by atoms with Crippen LogP contribution < -0.4 is 0 Å². The van der Waals surface area contributed by atoms with E-state index in [2.05, 4.69) is 38.7 Å². The van der Waals surface area contributed by atoms with Gasteiger partial charge in [-0.1, -0.05) is 45.9 Å². The van der Waals surface area contributed by atoms with E-state index < -0.39 is 0 Å². The zero-order valence-corrected chi connectivity index (χ0v) is 12.0. The molecule has 2 heteroatoms. The Bertz CT molecular complexity index is 582. The van der Waals surface area contributed by atoms with Crippen molar-refractivity contribution in [3.05, 3.63) is 53.6 Å². The van der Waals surface area contributed by atoms with E-state index in [9.17, 15) is 4.39 Å². The maximum absolute atomic E-state index is 13.9. The molecule has 1 nitrogen and oxygen atoms in total. The minimum absolute atomic E-state index is 0.0116. The van der Waals surface area contributed by atoms with E-state index in [0.717, 1.165) is 23.2 Å². The van der Waals surface area contributed by atoms with Gasteiger partial charge in [0, 0.05) is 28.4 Å². The quantitative estimate of drug-likeness (QED) is 0.756. The average Bonchev–Trinajstić information content (AvgIpc) is 2.37. The van der Waals surface area contributed by atoms with Crippen LogP contribution >= 0.6 is 0 Å². The lowest BCUT2D eigenvalue weighted by Gasteiger charge is -2.20. The second kappa shape index (κ2) is 5.12. The van der Waals surface area contributed by atoms with Crippen molar-refractivity contribution in [3.8, 4) is 11.1 Å². The van der Waals surface area contributed by atoms with E-state index in [0.29, 0.717) is 5.56 Å². The molecule has 0 aliphatic carbocycles. The molecule has 0 aliphatic rings. The lowest BCUT2D eigenvalue weighted by Crippen LogP contribution is -2.14. The van der Waals surface area contributed by atoms with E-state index in [1.54, 1.807) is 12.3 Å². The Hall–Kier alpha value is -1.70. The molecule has 0 atom stereocenters. The Morgan fingerprint density at radius 1 is 1.11 bits per heavy atom. The maximum Gasteiger partial charge on any atom is 0.131 e. The van der Waals surface area contributed by atoms with Crippen molar-refractivity contribution in [2.45, 2.75) is 39.5 Å². The summed E-state index contributed by atoms with van der Waals surface area (Å²) in [5.74, 6) is -0.192. The van der Waals surface area contributed by atoms with Crippen molar-refractivity contribution in [3.63, 3.8) is 0 Å². The van der Waals surface area contributed by atoms with Crippen LogP contribution in [-0.4, -0.2) is 4.98 Å². The van der Waals surface area contributed by atoms with Gasteiger partial charge in [0.15, 0.2) is 0 Å². The molecule has 0 spiro atoms. The summed E-state index contributed by atoms with van der Waals surface area (Å²) >= 11 is 0. The topological polar surface area (TPSA) is 12.9 Å². The fraction of sp³-hybridized carbons (Fsp3) is 0.353. The van der Waals surface area contributed by atoms with Gasteiger partial charge in [0.1, 0.15) is 5.82 Å². The first-order valence-electron chi connectivity index (χ1n) is 6.67. The monoisotopic (exact) mass is 257 g/mol. The molecule has 2 aromatic rings. The van der Waals surface area contributed by atoms with Crippen LogP contribution in [0.3, 0.4) is 0 Å². The van der Waals surface area contributed by atoms with Gasteiger partial charge in [0.2, 0.25) is 0 Å². The maximum atomic E-state index is 13.9. The molecule has 0 radical (unpaired) electrons. The number of aryl methyl sites for hydroxylation is 1. The summed E-state index contributed by atoms with van der Waals surface area (Å²) in [4.78, 5) is 4.51. The van der Waals surface area contributed by atoms with E-state index in [4.69, 9.17) is 0 Å². The molecular formula is C17H20FN. The van der Waals surface area contributed by atoms with E-state index >= 15 is 0 Å². The van der Waals surface area contributed by atoms with Crippen LogP contribution in [-0.2, 0) is 11.8 Å². The molecule has 0 bridgehead atoms. The molecule has 1 aromatic carbocycles. The average molecular weight is 257 g/mol. The van der Waals surface area contributed by atoms with E-state index in [-0.39, 0.29) is 11.2 Å². The molecule has 0 saturated heterocycles. The normalized spacial score (nSPS) is 11.6. The van der Waals surface area contributed by atoms with Crippen LogP contribution in [0.25, 0.3) is 11.1 Å². The van der Waals surface area contributed by atoms with Crippen LogP contribution in [0.5, 0.6) is 0 Å². The Morgan fingerprint density at radius 2 is 1.79 bits per heavy atom. The van der Waals surface area contributed by atoms with Gasteiger partial charge in [-0.2, -0.15) is 0 Å². The van der Waals surface area contributed by atoms with Crippen molar-refractivity contribution in [2.24, 2.45) is 0 Å². The summed E-state index contributed by atoms with van der Waals surface area (Å²) in [6, 6.07) is 8.97. The lowest BCUT2D eigenvalue weighted by atomic mass is 9.89. The first-order valence-corrected chi connectivity index (χ1v) is 6.67. The van der Waals surface area contributed by atoms with Gasteiger partial charge in [-0.3, -0.25) is 4.98 Å². The second-order valence-electron chi connectivity index (χ2n) is 5.81. The highest BCUT2D eigenvalue weighted by Crippen LogP contribution is 2.29. The third kappa shape index (κ3) is 2.83. The number of aromatic nitrogens is 1. The summed E-state index contributed by atoms with van der Waals surface area (Å²) in [5, 5.41) is 0. The highest BCUT2D eigenvalue weighted by Gasteiger charge is 2.18. The van der Waals surface area contributed by atoms with Gasteiger partial charge >= 0.3 is 0 Å². The van der Waals surface area contributed by atoms with Crippen molar-refractivity contribution < 1.29 is 4.39 Å². The highest BCUT2D eigenvalue weighted by atomic mass is 19.1. The lowest BCUT2D eigenvalue weighted by molar-refractivity contribution is 0.568. The Morgan fingerprint density at radius 3 is 2.37 bits per heavy atom. The van der Waals surface area contributed by atoms with Crippen molar-refractivity contribution in [2.75, 3.05) is 0 Å². The SMILES string of the molecule is CCc1cc(C(C)(C)C)ncc1-c1ccccc1F. The molecule has 19 heavy (non-hydrogen) atoms. The number of hydrogen-bond acceptors (Lipinski definition) is 1. The van der Waals surface area contributed by atoms with Gasteiger partial charge in [0.25, 0.3) is 0 Å². The van der Waals surface area contributed by atoms with Crippen LogP contribution in [0, 0.1) is 5.82 Å². The number of rotatable bonds is 2. The summed E-state index contributed by atoms with van der Waals surface area (Å²) in [6.45, 7) is 8.50. The van der Waals surface area contributed by atoms with Gasteiger partial charge in [0.05, 0.1) is 0 Å². The fourth-order valence-electron chi connectivity index (χ4n) is 2.12. The summed E-state index contributed by atoms with van der Waals surface area (Å²) in [7, 11) is 0. The largest absolute Gasteiger partial charge is 0.260 e. The predicted molar refractivity (Wildman–Crippen MR) is 77.7 cm³/mol. The second-order valence-corrected chi connectivity index (χ2v) is 5.81. The fourth-order valence-corrected chi connectivity index (χ4v) is 2.12. The zero-order chi connectivity index (χ0) is 14.0. The Kier molecular flexibility index (Phi) is 3.70. The highest BCUT2D eigenvalue weighted by molar-refractivity contribution is 5.67. The molecule has 0 saturated carbocycles. The standard InChI is InChI=1S/C17H20FN/c1-5-12-10-16(17(2,3)4)19-11-14(12)13-8-6-7-9-15(13)18/h6-11H,5H2,1-4H3. The van der Waals surface area contributed by atoms with Crippen molar-refractivity contribution in [1.29, 1.82) is 0 Å². The first-order chi connectivity index (χ1) is 8.93. The molecule has 0 aliphatic heterocycles. The molecular weight excluding hydrogens is 237 g/mol. The molecule has 0 unspecified atom stereocenters. The Labute approximate surface area is 114 Å². The van der Waals surface area contributed by atoms with Crippen LogP contribution in [0.15, 0.2) is 36.5 Å². The summed E-state index contributed by atoms with van der Waals surface area (Å²) < 4.78 is 13.9. The molecule has 100 valence electrons. The summed E-state index contributed by atoms with van der Waals surface area (Å²) in [5.41, 5.74) is 3.73. The smallest absolute Gasteiger partial charge is 0.131 e. The van der Waals surface area contributed by atoms with E-state index in [1.807, 2.05) is 12.1 Å². The van der Waals surface area contributed by atoms with Crippen LogP contribution in [0.2, 0.25) is 0 Å². The number of pyridine rings is 1. The number of benzene rings is 1. The van der Waals surface area contributed by atoms with Gasteiger partial charge in [-0.25, -0.2) is 4.39 Å². The molecule has 2 rings (SSSR count). The minimum atomic E-state index is -0.192. The zero-order valence-electron chi connectivity index (χ0n) is 12.0. The van der Waals surface area contributed by atoms with Gasteiger partial charge < -0.3 is 0 Å². The third-order valence-corrected chi connectivity index (χ3v) is 3.30. The summed E-state index contributed by atoms with van der Waals surface area (Å²) in [6.07, 6.45) is 2.67. The van der Waals surface area contributed by atoms with Gasteiger partial charge in [-0.05, 0) is 24.1 Å². The number of hydrogen-bond donors (Lipinski definition) is 0. The molecule has 0 fully saturated rings.